The van der Waals surface area contributed by atoms with E-state index in [-0.39, 0.29) is 19.0 Å². The highest BCUT2D eigenvalue weighted by Crippen LogP contribution is 2.17. The number of rotatable bonds is 6. The van der Waals surface area contributed by atoms with Crippen molar-refractivity contribution in [2.24, 2.45) is 0 Å². The molecule has 0 aliphatic heterocycles. The molecule has 2 N–H and O–H groups in total. The third-order valence-corrected chi connectivity index (χ3v) is 3.16. The lowest BCUT2D eigenvalue weighted by Gasteiger charge is -2.14. The number of aliphatic hydroxyl groups excluding tert-OH is 1. The second kappa shape index (κ2) is 7.29. The van der Waals surface area contributed by atoms with E-state index in [1.54, 1.807) is 30.3 Å². The van der Waals surface area contributed by atoms with Gasteiger partial charge in [-0.1, -0.05) is 17.7 Å². The maximum Gasteiger partial charge on any atom is 0.146 e. The monoisotopic (exact) mass is 309 g/mol. The van der Waals surface area contributed by atoms with Crippen LogP contribution in [-0.4, -0.2) is 24.4 Å². The van der Waals surface area contributed by atoms with Gasteiger partial charge in [0.2, 0.25) is 0 Å². The summed E-state index contributed by atoms with van der Waals surface area (Å²) in [6, 6.07) is 11.8. The van der Waals surface area contributed by atoms with Gasteiger partial charge in [-0.25, -0.2) is 4.39 Å². The van der Waals surface area contributed by atoms with Gasteiger partial charge >= 0.3 is 0 Å². The molecule has 2 aromatic rings. The molecule has 21 heavy (non-hydrogen) atoms. The highest BCUT2D eigenvalue weighted by molar-refractivity contribution is 6.30. The number of hydrogen-bond donors (Lipinski definition) is 2. The molecule has 0 saturated heterocycles. The summed E-state index contributed by atoms with van der Waals surface area (Å²) in [5.74, 6) is 0.292. The lowest BCUT2D eigenvalue weighted by Crippen LogP contribution is -2.26. The average molecular weight is 310 g/mol. The van der Waals surface area contributed by atoms with Crippen molar-refractivity contribution in [3.05, 3.63) is 58.9 Å². The fourth-order valence-electron chi connectivity index (χ4n) is 1.77. The Morgan fingerprint density at radius 3 is 2.62 bits per heavy atom. The Kier molecular flexibility index (Phi) is 5.42. The van der Waals surface area contributed by atoms with Crippen molar-refractivity contribution in [3.8, 4) is 5.75 Å². The zero-order valence-electron chi connectivity index (χ0n) is 11.6. The van der Waals surface area contributed by atoms with Gasteiger partial charge < -0.3 is 15.2 Å². The first-order valence-corrected chi connectivity index (χ1v) is 6.99. The Morgan fingerprint density at radius 1 is 1.24 bits per heavy atom. The number of hydrogen-bond acceptors (Lipinski definition) is 3. The number of aryl methyl sites for hydroxylation is 1. The molecule has 112 valence electrons. The van der Waals surface area contributed by atoms with Gasteiger partial charge in [-0.05, 0) is 48.9 Å². The SMILES string of the molecule is Cc1ccc(NCC(O)COc2ccc(Cl)cc2)c(F)c1. The summed E-state index contributed by atoms with van der Waals surface area (Å²) in [6.45, 7) is 2.14. The summed E-state index contributed by atoms with van der Waals surface area (Å²) in [7, 11) is 0. The van der Waals surface area contributed by atoms with Crippen molar-refractivity contribution >= 4 is 17.3 Å². The Bertz CT molecular complexity index is 589. The van der Waals surface area contributed by atoms with Crippen molar-refractivity contribution in [2.45, 2.75) is 13.0 Å². The molecule has 0 heterocycles. The number of nitrogens with one attached hydrogen (secondary N) is 1. The lowest BCUT2D eigenvalue weighted by molar-refractivity contribution is 0.117. The van der Waals surface area contributed by atoms with Crippen LogP contribution in [0.1, 0.15) is 5.56 Å². The van der Waals surface area contributed by atoms with Crippen molar-refractivity contribution in [1.29, 1.82) is 0 Å². The standard InChI is InChI=1S/C16H17ClFNO2/c1-11-2-7-16(15(18)8-11)19-9-13(20)10-21-14-5-3-12(17)4-6-14/h2-8,13,19-20H,9-10H2,1H3. The van der Waals surface area contributed by atoms with Crippen LogP contribution >= 0.6 is 11.6 Å². The summed E-state index contributed by atoms with van der Waals surface area (Å²) in [6.07, 6.45) is -0.749. The maximum absolute atomic E-state index is 13.6. The fraction of sp³-hybridized carbons (Fsp3) is 0.250. The van der Waals surface area contributed by atoms with E-state index in [2.05, 4.69) is 5.32 Å². The predicted molar refractivity (Wildman–Crippen MR) is 82.6 cm³/mol. The zero-order valence-corrected chi connectivity index (χ0v) is 12.4. The van der Waals surface area contributed by atoms with Crippen LogP contribution in [0.15, 0.2) is 42.5 Å². The van der Waals surface area contributed by atoms with E-state index in [1.165, 1.54) is 6.07 Å². The van der Waals surface area contributed by atoms with Crippen LogP contribution in [0, 0.1) is 12.7 Å². The molecule has 0 bridgehead atoms. The molecule has 2 aromatic carbocycles. The smallest absolute Gasteiger partial charge is 0.146 e. The van der Waals surface area contributed by atoms with Crippen LogP contribution < -0.4 is 10.1 Å². The molecular formula is C16H17ClFNO2. The molecule has 0 amide bonds. The van der Waals surface area contributed by atoms with E-state index < -0.39 is 6.10 Å². The molecule has 1 unspecified atom stereocenters. The summed E-state index contributed by atoms with van der Waals surface area (Å²) in [4.78, 5) is 0. The predicted octanol–water partition coefficient (Wildman–Crippen LogP) is 3.64. The van der Waals surface area contributed by atoms with Crippen LogP contribution in [0.4, 0.5) is 10.1 Å². The van der Waals surface area contributed by atoms with Crippen molar-refractivity contribution in [3.63, 3.8) is 0 Å². The van der Waals surface area contributed by atoms with Crippen LogP contribution in [0.25, 0.3) is 0 Å². The Balaban J connectivity index is 1.79. The van der Waals surface area contributed by atoms with Crippen molar-refractivity contribution < 1.29 is 14.2 Å². The molecule has 0 fully saturated rings. The van der Waals surface area contributed by atoms with E-state index in [4.69, 9.17) is 16.3 Å². The van der Waals surface area contributed by atoms with Gasteiger partial charge in [0.1, 0.15) is 24.3 Å². The van der Waals surface area contributed by atoms with E-state index in [0.29, 0.717) is 16.5 Å². The van der Waals surface area contributed by atoms with Crippen molar-refractivity contribution in [1.82, 2.24) is 0 Å². The largest absolute Gasteiger partial charge is 0.491 e. The molecule has 0 aliphatic rings. The molecule has 1 atom stereocenters. The van der Waals surface area contributed by atoms with Gasteiger partial charge in [0.05, 0.1) is 5.69 Å². The first-order valence-electron chi connectivity index (χ1n) is 6.61. The Labute approximate surface area is 128 Å². The quantitative estimate of drug-likeness (QED) is 0.856. The molecule has 0 aliphatic carbocycles. The number of halogens is 2. The van der Waals surface area contributed by atoms with E-state index in [9.17, 15) is 9.50 Å². The lowest BCUT2D eigenvalue weighted by atomic mass is 10.2. The zero-order chi connectivity index (χ0) is 15.2. The Hall–Kier alpha value is -1.78. The van der Waals surface area contributed by atoms with Crippen molar-refractivity contribution in [2.75, 3.05) is 18.5 Å². The van der Waals surface area contributed by atoms with Crippen LogP contribution in [0.3, 0.4) is 0 Å². The van der Waals surface area contributed by atoms with Gasteiger partial charge in [-0.15, -0.1) is 0 Å². The van der Waals surface area contributed by atoms with Crippen LogP contribution in [-0.2, 0) is 0 Å². The maximum atomic E-state index is 13.6. The summed E-state index contributed by atoms with van der Waals surface area (Å²) < 4.78 is 19.0. The molecule has 5 heteroatoms. The number of benzene rings is 2. The molecule has 0 radical (unpaired) electrons. The highest BCUT2D eigenvalue weighted by Gasteiger charge is 2.07. The van der Waals surface area contributed by atoms with Gasteiger partial charge in [0, 0.05) is 11.6 Å². The van der Waals surface area contributed by atoms with Gasteiger partial charge in [-0.3, -0.25) is 0 Å². The van der Waals surface area contributed by atoms with E-state index >= 15 is 0 Å². The third-order valence-electron chi connectivity index (χ3n) is 2.91. The van der Waals surface area contributed by atoms with Gasteiger partial charge in [0.25, 0.3) is 0 Å². The van der Waals surface area contributed by atoms with Crippen LogP contribution in [0.2, 0.25) is 5.02 Å². The topological polar surface area (TPSA) is 41.5 Å². The van der Waals surface area contributed by atoms with Gasteiger partial charge in [-0.2, -0.15) is 0 Å². The molecule has 0 aromatic heterocycles. The third kappa shape index (κ3) is 4.92. The normalized spacial score (nSPS) is 12.0. The van der Waals surface area contributed by atoms with E-state index in [0.717, 1.165) is 5.56 Å². The fourth-order valence-corrected chi connectivity index (χ4v) is 1.90. The molecule has 3 nitrogen and oxygen atoms in total. The molecule has 0 saturated carbocycles. The Morgan fingerprint density at radius 2 is 1.95 bits per heavy atom. The van der Waals surface area contributed by atoms with Gasteiger partial charge in [0.15, 0.2) is 0 Å². The van der Waals surface area contributed by atoms with Crippen LogP contribution in [0.5, 0.6) is 5.75 Å². The first-order chi connectivity index (χ1) is 10.0. The number of aliphatic hydroxyl groups is 1. The minimum absolute atomic E-state index is 0.113. The second-order valence-electron chi connectivity index (χ2n) is 4.78. The first kappa shape index (κ1) is 15.6. The highest BCUT2D eigenvalue weighted by atomic mass is 35.5. The minimum Gasteiger partial charge on any atom is -0.491 e. The van der Waals surface area contributed by atoms with E-state index in [1.807, 2.05) is 13.0 Å². The molecular weight excluding hydrogens is 293 g/mol. The summed E-state index contributed by atoms with van der Waals surface area (Å²) in [5, 5.41) is 13.3. The number of anilines is 1. The average Bonchev–Trinajstić information content (AvgIpc) is 2.46. The minimum atomic E-state index is -0.749. The molecule has 2 rings (SSSR count). The molecule has 0 spiro atoms. The summed E-state index contributed by atoms with van der Waals surface area (Å²) in [5.41, 5.74) is 1.22. The second-order valence-corrected chi connectivity index (χ2v) is 5.22. The number of ether oxygens (including phenoxy) is 1. The summed E-state index contributed by atoms with van der Waals surface area (Å²) >= 11 is 5.77.